The van der Waals surface area contributed by atoms with Gasteiger partial charge in [0.15, 0.2) is 0 Å². The van der Waals surface area contributed by atoms with Crippen LogP contribution in [0.3, 0.4) is 0 Å². The van der Waals surface area contributed by atoms with Crippen molar-refractivity contribution >= 4 is 15.9 Å². The first-order valence-corrected chi connectivity index (χ1v) is 7.54. The second kappa shape index (κ2) is 6.18. The minimum atomic E-state index is 0.384. The van der Waals surface area contributed by atoms with Gasteiger partial charge >= 0.3 is 0 Å². The molecule has 0 unspecified atom stereocenters. The molecule has 100 valence electrons. The fraction of sp³-hybridized carbons (Fsp3) is 0.600. The molecule has 0 aromatic heterocycles. The first-order valence-electron chi connectivity index (χ1n) is 6.75. The normalized spacial score (nSPS) is 18.4. The standard InChI is InChI=1S/C15H23BrN2/c1-18(2)15(9-3-4-10-15)12-17-11-13-5-7-14(16)8-6-13/h5-8,17H,3-4,9-12H2,1-2H3. The van der Waals surface area contributed by atoms with Crippen LogP contribution in [-0.4, -0.2) is 31.1 Å². The van der Waals surface area contributed by atoms with E-state index in [4.69, 9.17) is 0 Å². The van der Waals surface area contributed by atoms with Gasteiger partial charge in [0.2, 0.25) is 0 Å². The third-order valence-corrected chi connectivity index (χ3v) is 4.71. The lowest BCUT2D eigenvalue weighted by atomic mass is 9.96. The van der Waals surface area contributed by atoms with E-state index in [1.165, 1.54) is 31.2 Å². The quantitative estimate of drug-likeness (QED) is 0.896. The highest BCUT2D eigenvalue weighted by molar-refractivity contribution is 9.10. The lowest BCUT2D eigenvalue weighted by Crippen LogP contribution is -2.49. The van der Waals surface area contributed by atoms with E-state index in [1.807, 2.05) is 0 Å². The predicted molar refractivity (Wildman–Crippen MR) is 80.7 cm³/mol. The van der Waals surface area contributed by atoms with E-state index in [0.29, 0.717) is 5.54 Å². The second-order valence-electron chi connectivity index (χ2n) is 5.56. The molecule has 0 aliphatic heterocycles. The molecule has 0 radical (unpaired) electrons. The second-order valence-corrected chi connectivity index (χ2v) is 6.47. The van der Waals surface area contributed by atoms with E-state index < -0.39 is 0 Å². The first kappa shape index (κ1) is 14.0. The maximum absolute atomic E-state index is 3.63. The molecule has 2 rings (SSSR count). The van der Waals surface area contributed by atoms with Gasteiger partial charge in [0.25, 0.3) is 0 Å². The van der Waals surface area contributed by atoms with Crippen molar-refractivity contribution in [1.29, 1.82) is 0 Å². The van der Waals surface area contributed by atoms with Crippen LogP contribution in [0.4, 0.5) is 0 Å². The van der Waals surface area contributed by atoms with E-state index in [0.717, 1.165) is 17.6 Å². The molecule has 1 aliphatic carbocycles. The van der Waals surface area contributed by atoms with Crippen LogP contribution in [0, 0.1) is 0 Å². The lowest BCUT2D eigenvalue weighted by Gasteiger charge is -2.36. The summed E-state index contributed by atoms with van der Waals surface area (Å²) in [5.74, 6) is 0. The molecule has 1 fully saturated rings. The summed E-state index contributed by atoms with van der Waals surface area (Å²) in [7, 11) is 4.43. The Hall–Kier alpha value is -0.380. The largest absolute Gasteiger partial charge is 0.311 e. The molecule has 3 heteroatoms. The Morgan fingerprint density at radius 2 is 1.78 bits per heavy atom. The van der Waals surface area contributed by atoms with Crippen LogP contribution in [0.2, 0.25) is 0 Å². The number of benzene rings is 1. The molecule has 1 aliphatic rings. The molecular formula is C15H23BrN2. The van der Waals surface area contributed by atoms with E-state index >= 15 is 0 Å². The summed E-state index contributed by atoms with van der Waals surface area (Å²) < 4.78 is 1.15. The molecule has 1 N–H and O–H groups in total. The number of halogens is 1. The van der Waals surface area contributed by atoms with Gasteiger partial charge in [0.1, 0.15) is 0 Å². The number of nitrogens with one attached hydrogen (secondary N) is 1. The SMILES string of the molecule is CN(C)C1(CNCc2ccc(Br)cc2)CCCC1. The molecule has 0 bridgehead atoms. The minimum absolute atomic E-state index is 0.384. The highest BCUT2D eigenvalue weighted by atomic mass is 79.9. The Morgan fingerprint density at radius 3 is 2.33 bits per heavy atom. The molecule has 1 aromatic carbocycles. The molecule has 0 saturated heterocycles. The third kappa shape index (κ3) is 3.34. The molecular weight excluding hydrogens is 288 g/mol. The van der Waals surface area contributed by atoms with E-state index in [1.54, 1.807) is 0 Å². The number of rotatable bonds is 5. The summed E-state index contributed by atoms with van der Waals surface area (Å²) in [4.78, 5) is 2.41. The molecule has 0 atom stereocenters. The first-order chi connectivity index (χ1) is 8.62. The fourth-order valence-electron chi connectivity index (χ4n) is 2.86. The lowest BCUT2D eigenvalue weighted by molar-refractivity contribution is 0.153. The highest BCUT2D eigenvalue weighted by Gasteiger charge is 2.35. The zero-order valence-electron chi connectivity index (χ0n) is 11.4. The zero-order chi connectivity index (χ0) is 13.0. The van der Waals surface area contributed by atoms with Crippen molar-refractivity contribution in [2.24, 2.45) is 0 Å². The van der Waals surface area contributed by atoms with Gasteiger partial charge in [0.05, 0.1) is 0 Å². The van der Waals surface area contributed by atoms with Gasteiger partial charge < -0.3 is 10.2 Å². The number of likely N-dealkylation sites (N-methyl/N-ethyl adjacent to an activating group) is 1. The van der Waals surface area contributed by atoms with Gasteiger partial charge in [-0.05, 0) is 44.6 Å². The van der Waals surface area contributed by atoms with Gasteiger partial charge in [-0.2, -0.15) is 0 Å². The minimum Gasteiger partial charge on any atom is -0.311 e. The average molecular weight is 311 g/mol. The molecule has 0 amide bonds. The van der Waals surface area contributed by atoms with Crippen LogP contribution in [0.5, 0.6) is 0 Å². The van der Waals surface area contributed by atoms with Gasteiger partial charge in [-0.15, -0.1) is 0 Å². The zero-order valence-corrected chi connectivity index (χ0v) is 13.0. The Morgan fingerprint density at radius 1 is 1.17 bits per heavy atom. The van der Waals surface area contributed by atoms with Crippen LogP contribution in [0.1, 0.15) is 31.2 Å². The number of nitrogens with zero attached hydrogens (tertiary/aromatic N) is 1. The topological polar surface area (TPSA) is 15.3 Å². The van der Waals surface area contributed by atoms with Gasteiger partial charge in [-0.25, -0.2) is 0 Å². The Balaban J connectivity index is 1.85. The van der Waals surface area contributed by atoms with Gasteiger partial charge in [-0.3, -0.25) is 0 Å². The molecule has 1 aromatic rings. The van der Waals surface area contributed by atoms with Crippen LogP contribution in [-0.2, 0) is 6.54 Å². The van der Waals surface area contributed by atoms with Gasteiger partial charge in [-0.1, -0.05) is 40.9 Å². The summed E-state index contributed by atoms with van der Waals surface area (Å²) >= 11 is 3.47. The Bertz CT molecular complexity index is 367. The molecule has 18 heavy (non-hydrogen) atoms. The molecule has 0 spiro atoms. The summed E-state index contributed by atoms with van der Waals surface area (Å²) in [5, 5.41) is 3.63. The van der Waals surface area contributed by atoms with E-state index in [-0.39, 0.29) is 0 Å². The average Bonchev–Trinajstić information content (AvgIpc) is 2.82. The maximum Gasteiger partial charge on any atom is 0.0328 e. The smallest absolute Gasteiger partial charge is 0.0328 e. The summed E-state index contributed by atoms with van der Waals surface area (Å²) in [6, 6.07) is 8.56. The third-order valence-electron chi connectivity index (χ3n) is 4.18. The summed E-state index contributed by atoms with van der Waals surface area (Å²) in [6.45, 7) is 2.05. The summed E-state index contributed by atoms with van der Waals surface area (Å²) in [5.41, 5.74) is 1.74. The van der Waals surface area contributed by atoms with Crippen LogP contribution in [0.15, 0.2) is 28.7 Å². The van der Waals surface area contributed by atoms with Crippen LogP contribution >= 0.6 is 15.9 Å². The van der Waals surface area contributed by atoms with Crippen molar-refractivity contribution in [3.8, 4) is 0 Å². The summed E-state index contributed by atoms with van der Waals surface area (Å²) in [6.07, 6.45) is 5.40. The highest BCUT2D eigenvalue weighted by Crippen LogP contribution is 2.33. The fourth-order valence-corrected chi connectivity index (χ4v) is 3.12. The van der Waals surface area contributed by atoms with Crippen molar-refractivity contribution in [2.45, 2.75) is 37.8 Å². The van der Waals surface area contributed by atoms with Crippen molar-refractivity contribution in [3.05, 3.63) is 34.3 Å². The maximum atomic E-state index is 3.63. The van der Waals surface area contributed by atoms with Gasteiger partial charge in [0, 0.05) is 23.1 Å². The number of hydrogen-bond donors (Lipinski definition) is 1. The van der Waals surface area contributed by atoms with Crippen molar-refractivity contribution < 1.29 is 0 Å². The van der Waals surface area contributed by atoms with Crippen molar-refractivity contribution in [2.75, 3.05) is 20.6 Å². The van der Waals surface area contributed by atoms with E-state index in [9.17, 15) is 0 Å². The Kier molecular flexibility index (Phi) is 4.82. The predicted octanol–water partition coefficient (Wildman–Crippen LogP) is 3.41. The monoisotopic (exact) mass is 310 g/mol. The molecule has 1 saturated carbocycles. The van der Waals surface area contributed by atoms with Crippen LogP contribution < -0.4 is 5.32 Å². The number of hydrogen-bond acceptors (Lipinski definition) is 2. The molecule has 2 nitrogen and oxygen atoms in total. The molecule has 0 heterocycles. The Labute approximate surface area is 119 Å². The van der Waals surface area contributed by atoms with Crippen molar-refractivity contribution in [3.63, 3.8) is 0 Å². The van der Waals surface area contributed by atoms with Crippen molar-refractivity contribution in [1.82, 2.24) is 10.2 Å². The van der Waals surface area contributed by atoms with Crippen LogP contribution in [0.25, 0.3) is 0 Å². The van der Waals surface area contributed by atoms with E-state index in [2.05, 4.69) is 64.5 Å².